The molecule has 6 N–H and O–H groups in total. The second-order valence-electron chi connectivity index (χ2n) is 6.43. The fraction of sp³-hybridized carbons (Fsp3) is 0.333. The standard InChI is InChI=1S/C15H17N5O8S/c21-6-10-11(22)12(23)14(28-10)17-7-2-1-3-19-9(7)5-20(24)8-4-16-15(18-13(8)19)29(25,26)27/h1-5,10-12,14,17,21-24H,6H2,(H,25,26,27)/t10-,11-,12-,14-/m1/s1. The van der Waals surface area contributed by atoms with Gasteiger partial charge in [-0.25, -0.2) is 23.8 Å². The fourth-order valence-corrected chi connectivity index (χ4v) is 3.59. The number of ether oxygens (including phenoxy) is 1. The molecule has 1 fully saturated rings. The van der Waals surface area contributed by atoms with Gasteiger partial charge in [-0.15, -0.1) is 0 Å². The zero-order valence-corrected chi connectivity index (χ0v) is 15.4. The van der Waals surface area contributed by atoms with Crippen LogP contribution in [0.5, 0.6) is 0 Å². The summed E-state index contributed by atoms with van der Waals surface area (Å²) in [5.41, 5.74) is 0.420. The summed E-state index contributed by atoms with van der Waals surface area (Å²) in [6.45, 7) is -0.490. The minimum Gasteiger partial charge on any atom is -0.740 e. The number of amidine groups is 1. The third-order valence-corrected chi connectivity index (χ3v) is 5.30. The van der Waals surface area contributed by atoms with E-state index < -0.39 is 46.4 Å². The zero-order valence-electron chi connectivity index (χ0n) is 14.6. The summed E-state index contributed by atoms with van der Waals surface area (Å²) in [7, 11) is -4.87. The molecule has 14 heteroatoms. The first-order chi connectivity index (χ1) is 13.7. The van der Waals surface area contributed by atoms with Crippen LogP contribution >= 0.6 is 0 Å². The van der Waals surface area contributed by atoms with E-state index in [-0.39, 0.29) is 11.5 Å². The summed E-state index contributed by atoms with van der Waals surface area (Å²) >= 11 is 0. The monoisotopic (exact) mass is 427 g/mol. The van der Waals surface area contributed by atoms with Gasteiger partial charge in [0.25, 0.3) is 0 Å². The van der Waals surface area contributed by atoms with Gasteiger partial charge < -0.3 is 29.9 Å². The summed E-state index contributed by atoms with van der Waals surface area (Å²) in [4.78, 5) is 3.52. The van der Waals surface area contributed by atoms with Gasteiger partial charge >= 0.3 is 11.0 Å². The maximum Gasteiger partial charge on any atom is 0.314 e. The number of aliphatic imine (C=N–C) groups is 1. The third kappa shape index (κ3) is 3.36. The van der Waals surface area contributed by atoms with Crippen LogP contribution in [0.2, 0.25) is 0 Å². The van der Waals surface area contributed by atoms with E-state index in [1.165, 1.54) is 16.6 Å². The Labute approximate surface area is 163 Å². The van der Waals surface area contributed by atoms with Gasteiger partial charge in [0.1, 0.15) is 18.3 Å². The van der Waals surface area contributed by atoms with Crippen molar-refractivity contribution in [2.24, 2.45) is 4.99 Å². The summed E-state index contributed by atoms with van der Waals surface area (Å²) in [5, 5.41) is 44.9. The number of nitrogens with one attached hydrogen (secondary N) is 2. The predicted molar refractivity (Wildman–Crippen MR) is 92.7 cm³/mol. The number of hydrogen-bond donors (Lipinski definition) is 6. The summed E-state index contributed by atoms with van der Waals surface area (Å²) in [6.07, 6.45) is -0.817. The Bertz CT molecular complexity index is 1130. The number of hydrogen-bond acceptors (Lipinski definition) is 12. The Kier molecular flexibility index (Phi) is 4.78. The Morgan fingerprint density at radius 3 is 2.79 bits per heavy atom. The molecule has 29 heavy (non-hydrogen) atoms. The van der Waals surface area contributed by atoms with Crippen molar-refractivity contribution in [3.05, 3.63) is 41.4 Å². The van der Waals surface area contributed by atoms with Crippen LogP contribution in [0.25, 0.3) is 6.20 Å². The summed E-state index contributed by atoms with van der Waals surface area (Å²) in [5.74, 6) is 0.0548. The average molecular weight is 427 g/mol. The Morgan fingerprint density at radius 2 is 2.14 bits per heavy atom. The molecule has 0 amide bonds. The highest BCUT2D eigenvalue weighted by Gasteiger charge is 2.42. The lowest BCUT2D eigenvalue weighted by Gasteiger charge is -2.23. The molecule has 156 valence electrons. The molecule has 0 bridgehead atoms. The van der Waals surface area contributed by atoms with Crippen LogP contribution in [0.1, 0.15) is 0 Å². The number of hydroxylamine groups is 2. The zero-order chi connectivity index (χ0) is 20.9. The number of anilines is 1. The minimum atomic E-state index is -4.87. The molecule has 4 rings (SSSR count). The van der Waals surface area contributed by atoms with Crippen molar-refractivity contribution < 1.29 is 42.5 Å². The van der Waals surface area contributed by atoms with Crippen LogP contribution in [0.4, 0.5) is 5.69 Å². The smallest absolute Gasteiger partial charge is 0.314 e. The minimum absolute atomic E-state index is 0.0548. The van der Waals surface area contributed by atoms with Gasteiger partial charge in [0, 0.05) is 0 Å². The van der Waals surface area contributed by atoms with E-state index in [1.54, 1.807) is 12.1 Å². The predicted octanol–water partition coefficient (Wildman–Crippen LogP) is -4.05. The van der Waals surface area contributed by atoms with E-state index >= 15 is 0 Å². The van der Waals surface area contributed by atoms with Gasteiger partial charge in [-0.1, -0.05) is 0 Å². The number of fused-ring (bicyclic) bond motifs is 2. The Hall–Kier alpha value is -2.59. The van der Waals surface area contributed by atoms with Crippen molar-refractivity contribution in [1.29, 1.82) is 0 Å². The first kappa shape index (κ1) is 19.7. The van der Waals surface area contributed by atoms with Crippen LogP contribution < -0.4 is 20.2 Å². The molecular weight excluding hydrogens is 410 g/mol. The molecule has 0 aromatic carbocycles. The summed E-state index contributed by atoms with van der Waals surface area (Å²) < 4.78 is 40.7. The van der Waals surface area contributed by atoms with Gasteiger partial charge in [-0.3, -0.25) is 5.21 Å². The first-order valence-corrected chi connectivity index (χ1v) is 9.77. The number of aliphatic hydroxyl groups is 3. The second-order valence-corrected chi connectivity index (χ2v) is 7.73. The molecule has 3 aliphatic heterocycles. The normalized spacial score (nSPS) is 28.6. The molecule has 4 atom stereocenters. The molecule has 0 aliphatic carbocycles. The van der Waals surface area contributed by atoms with Gasteiger partial charge in [-0.2, -0.15) is 4.24 Å². The highest BCUT2D eigenvalue weighted by atomic mass is 32.2. The second kappa shape index (κ2) is 7.03. The van der Waals surface area contributed by atoms with Gasteiger partial charge in [-0.05, 0) is 12.1 Å². The van der Waals surface area contributed by atoms with E-state index in [9.17, 15) is 33.5 Å². The molecule has 1 aromatic heterocycles. The number of aliphatic hydroxyl groups excluding tert-OH is 3. The molecule has 1 saturated heterocycles. The molecule has 1 aromatic rings. The number of pyridine rings is 1. The number of nitrogens with zero attached hydrogens (tertiary/aromatic N) is 3. The largest absolute Gasteiger partial charge is 0.740 e. The SMILES string of the molecule is O=S(=O)([O-])C1=NC=C2C(=[n+]3cccc(N[C@@H]4O[C@H](CO)[C@@H](O)[C@H]4O)c3=CN2O)N1. The van der Waals surface area contributed by atoms with Crippen LogP contribution in [-0.2, 0) is 14.9 Å². The van der Waals surface area contributed by atoms with Crippen molar-refractivity contribution in [1.82, 2.24) is 10.4 Å². The van der Waals surface area contributed by atoms with E-state index in [0.717, 1.165) is 6.20 Å². The molecule has 0 saturated carbocycles. The van der Waals surface area contributed by atoms with Crippen LogP contribution in [0, 0.1) is 5.84 Å². The molecule has 0 radical (unpaired) electrons. The Morgan fingerprint density at radius 1 is 1.38 bits per heavy atom. The molecule has 0 spiro atoms. The van der Waals surface area contributed by atoms with E-state index in [2.05, 4.69) is 15.6 Å². The van der Waals surface area contributed by atoms with Gasteiger partial charge in [0.2, 0.25) is 0 Å². The molecular formula is C15H17N5O8S. The van der Waals surface area contributed by atoms with Crippen molar-refractivity contribution in [2.75, 3.05) is 11.9 Å². The lowest BCUT2D eigenvalue weighted by molar-refractivity contribution is -0.542. The number of rotatable bonds is 3. The highest BCUT2D eigenvalue weighted by molar-refractivity contribution is 8.01. The highest BCUT2D eigenvalue weighted by Crippen LogP contribution is 2.22. The molecule has 0 unspecified atom stereocenters. The van der Waals surface area contributed by atoms with Crippen LogP contribution in [0.3, 0.4) is 0 Å². The molecule has 4 heterocycles. The van der Waals surface area contributed by atoms with Crippen molar-refractivity contribution in [3.63, 3.8) is 0 Å². The van der Waals surface area contributed by atoms with Crippen molar-refractivity contribution in [3.8, 4) is 0 Å². The number of aromatic nitrogens is 1. The van der Waals surface area contributed by atoms with Crippen molar-refractivity contribution >= 4 is 27.2 Å². The lowest BCUT2D eigenvalue weighted by Crippen LogP contribution is -2.54. The molecule has 3 aliphatic rings. The maximum absolute atomic E-state index is 11.3. The van der Waals surface area contributed by atoms with E-state index in [4.69, 9.17) is 4.74 Å². The topological polar surface area (TPSA) is 193 Å². The first-order valence-electron chi connectivity index (χ1n) is 8.36. The quantitative estimate of drug-likeness (QED) is 0.203. The fourth-order valence-electron chi connectivity index (χ4n) is 3.18. The maximum atomic E-state index is 11.3. The molecule has 13 nitrogen and oxygen atoms in total. The summed E-state index contributed by atoms with van der Waals surface area (Å²) in [6, 6.07) is 3.17. The van der Waals surface area contributed by atoms with Crippen LogP contribution in [0.15, 0.2) is 35.2 Å². The van der Waals surface area contributed by atoms with Crippen molar-refractivity contribution in [2.45, 2.75) is 24.5 Å². The van der Waals surface area contributed by atoms with Gasteiger partial charge in [0.15, 0.2) is 27.4 Å². The average Bonchev–Trinajstić information content (AvgIpc) is 2.95. The Balaban J connectivity index is 1.77. The van der Waals surface area contributed by atoms with E-state index in [0.29, 0.717) is 16.1 Å². The van der Waals surface area contributed by atoms with E-state index in [1.807, 2.05) is 0 Å². The third-order valence-electron chi connectivity index (χ3n) is 4.61. The van der Waals surface area contributed by atoms with Gasteiger partial charge in [0.05, 0.1) is 30.9 Å². The lowest BCUT2D eigenvalue weighted by atomic mass is 10.1. The van der Waals surface area contributed by atoms with Crippen LogP contribution in [-0.4, -0.2) is 74.9 Å².